The molecule has 1 saturated heterocycles. The standard InChI is InChI=1S/C13H23N3O5/c1-9(17)15-10-3-5-16(6-4-10)13(20)14-8-11(21-2)7-12(18)19/h10-11H,3-8H2,1-2H3,(H,14,20)(H,15,17)(H,18,19). The van der Waals surface area contributed by atoms with Crippen LogP contribution in [0, 0.1) is 0 Å². The monoisotopic (exact) mass is 301 g/mol. The van der Waals surface area contributed by atoms with E-state index in [1.54, 1.807) is 4.90 Å². The molecular formula is C13H23N3O5. The first-order valence-corrected chi connectivity index (χ1v) is 6.96. The van der Waals surface area contributed by atoms with Crippen molar-refractivity contribution in [1.29, 1.82) is 0 Å². The molecule has 0 bridgehead atoms. The van der Waals surface area contributed by atoms with Gasteiger partial charge in [0, 0.05) is 39.7 Å². The highest BCUT2D eigenvalue weighted by Crippen LogP contribution is 2.10. The van der Waals surface area contributed by atoms with Crippen LogP contribution < -0.4 is 10.6 Å². The molecule has 1 rings (SSSR count). The molecule has 1 aliphatic rings. The van der Waals surface area contributed by atoms with Gasteiger partial charge in [-0.05, 0) is 12.8 Å². The molecule has 120 valence electrons. The van der Waals surface area contributed by atoms with E-state index in [1.165, 1.54) is 14.0 Å². The lowest BCUT2D eigenvalue weighted by Gasteiger charge is -2.32. The number of piperidine rings is 1. The molecule has 3 amide bonds. The fourth-order valence-corrected chi connectivity index (χ4v) is 2.26. The van der Waals surface area contributed by atoms with Crippen LogP contribution in [0.1, 0.15) is 26.2 Å². The van der Waals surface area contributed by atoms with Crippen LogP contribution in [0.2, 0.25) is 0 Å². The van der Waals surface area contributed by atoms with Gasteiger partial charge < -0.3 is 25.4 Å². The third-order valence-corrected chi connectivity index (χ3v) is 3.41. The first-order valence-electron chi connectivity index (χ1n) is 6.96. The summed E-state index contributed by atoms with van der Waals surface area (Å²) in [6.07, 6.45) is 0.746. The molecule has 0 spiro atoms. The predicted octanol–water partition coefficient (Wildman–Crippen LogP) is -0.214. The fourth-order valence-electron chi connectivity index (χ4n) is 2.26. The van der Waals surface area contributed by atoms with Crippen LogP contribution in [0.4, 0.5) is 4.79 Å². The molecule has 3 N–H and O–H groups in total. The number of likely N-dealkylation sites (tertiary alicyclic amines) is 1. The van der Waals surface area contributed by atoms with Gasteiger partial charge in [0.15, 0.2) is 0 Å². The number of methoxy groups -OCH3 is 1. The van der Waals surface area contributed by atoms with E-state index in [0.717, 1.165) is 12.8 Å². The highest BCUT2D eigenvalue weighted by atomic mass is 16.5. The van der Waals surface area contributed by atoms with E-state index in [4.69, 9.17) is 9.84 Å². The molecular weight excluding hydrogens is 278 g/mol. The Bertz CT molecular complexity index is 380. The largest absolute Gasteiger partial charge is 0.481 e. The summed E-state index contributed by atoms with van der Waals surface area (Å²) in [5, 5.41) is 14.2. The second-order valence-electron chi connectivity index (χ2n) is 5.10. The number of nitrogens with one attached hydrogen (secondary N) is 2. The van der Waals surface area contributed by atoms with Crippen molar-refractivity contribution in [2.75, 3.05) is 26.7 Å². The van der Waals surface area contributed by atoms with Crippen molar-refractivity contribution in [2.24, 2.45) is 0 Å². The number of nitrogens with zero attached hydrogens (tertiary/aromatic N) is 1. The summed E-state index contributed by atoms with van der Waals surface area (Å²) in [7, 11) is 1.42. The lowest BCUT2D eigenvalue weighted by Crippen LogP contribution is -2.50. The number of aliphatic carboxylic acids is 1. The van der Waals surface area contributed by atoms with E-state index in [-0.39, 0.29) is 30.9 Å². The zero-order valence-electron chi connectivity index (χ0n) is 12.4. The van der Waals surface area contributed by atoms with E-state index in [0.29, 0.717) is 13.1 Å². The van der Waals surface area contributed by atoms with Crippen molar-refractivity contribution in [2.45, 2.75) is 38.3 Å². The average molecular weight is 301 g/mol. The molecule has 0 saturated carbocycles. The quantitative estimate of drug-likeness (QED) is 0.629. The summed E-state index contributed by atoms with van der Waals surface area (Å²) >= 11 is 0. The smallest absolute Gasteiger partial charge is 0.317 e. The van der Waals surface area contributed by atoms with Crippen molar-refractivity contribution in [3.05, 3.63) is 0 Å². The Morgan fingerprint density at radius 1 is 1.33 bits per heavy atom. The Balaban J connectivity index is 2.30. The third-order valence-electron chi connectivity index (χ3n) is 3.41. The van der Waals surface area contributed by atoms with E-state index in [1.807, 2.05) is 0 Å². The van der Waals surface area contributed by atoms with Crippen LogP contribution in [0.25, 0.3) is 0 Å². The van der Waals surface area contributed by atoms with E-state index in [2.05, 4.69) is 10.6 Å². The molecule has 0 aromatic carbocycles. The summed E-state index contributed by atoms with van der Waals surface area (Å²) in [5.41, 5.74) is 0. The number of carbonyl (C=O) groups excluding carboxylic acids is 2. The average Bonchev–Trinajstić information content (AvgIpc) is 2.42. The number of hydrogen-bond acceptors (Lipinski definition) is 4. The Morgan fingerprint density at radius 2 is 1.95 bits per heavy atom. The molecule has 1 unspecified atom stereocenters. The van der Waals surface area contributed by atoms with Crippen molar-refractivity contribution >= 4 is 17.9 Å². The van der Waals surface area contributed by atoms with Crippen LogP contribution in [0.5, 0.6) is 0 Å². The molecule has 0 aromatic heterocycles. The number of rotatable bonds is 6. The maximum Gasteiger partial charge on any atom is 0.317 e. The molecule has 21 heavy (non-hydrogen) atoms. The topological polar surface area (TPSA) is 108 Å². The molecule has 8 nitrogen and oxygen atoms in total. The van der Waals surface area contributed by atoms with E-state index < -0.39 is 12.1 Å². The highest BCUT2D eigenvalue weighted by molar-refractivity contribution is 5.75. The normalized spacial score (nSPS) is 17.1. The van der Waals surface area contributed by atoms with Crippen molar-refractivity contribution < 1.29 is 24.2 Å². The van der Waals surface area contributed by atoms with Gasteiger partial charge in [0.25, 0.3) is 0 Å². The van der Waals surface area contributed by atoms with E-state index >= 15 is 0 Å². The van der Waals surface area contributed by atoms with Crippen molar-refractivity contribution in [1.82, 2.24) is 15.5 Å². The van der Waals surface area contributed by atoms with Crippen molar-refractivity contribution in [3.8, 4) is 0 Å². The minimum absolute atomic E-state index is 0.0606. The molecule has 1 aliphatic heterocycles. The van der Waals surface area contributed by atoms with Gasteiger partial charge in [-0.15, -0.1) is 0 Å². The number of ether oxygens (including phenoxy) is 1. The fraction of sp³-hybridized carbons (Fsp3) is 0.769. The SMILES string of the molecule is COC(CNC(=O)N1CCC(NC(C)=O)CC1)CC(=O)O. The maximum absolute atomic E-state index is 12.0. The van der Waals surface area contributed by atoms with Gasteiger partial charge in [0.1, 0.15) is 0 Å². The lowest BCUT2D eigenvalue weighted by molar-refractivity contribution is -0.139. The molecule has 0 aliphatic carbocycles. The van der Waals surface area contributed by atoms with E-state index in [9.17, 15) is 14.4 Å². The van der Waals surface area contributed by atoms with Gasteiger partial charge in [0.05, 0.1) is 12.5 Å². The minimum Gasteiger partial charge on any atom is -0.481 e. The lowest BCUT2D eigenvalue weighted by atomic mass is 10.1. The van der Waals surface area contributed by atoms with Crippen LogP contribution in [-0.4, -0.2) is 66.8 Å². The maximum atomic E-state index is 12.0. The summed E-state index contributed by atoms with van der Waals surface area (Å²) in [6.45, 7) is 2.76. The Morgan fingerprint density at radius 3 is 2.43 bits per heavy atom. The highest BCUT2D eigenvalue weighted by Gasteiger charge is 2.23. The van der Waals surface area contributed by atoms with Crippen LogP contribution in [-0.2, 0) is 14.3 Å². The van der Waals surface area contributed by atoms with Gasteiger partial charge in [-0.3, -0.25) is 9.59 Å². The van der Waals surface area contributed by atoms with Crippen LogP contribution >= 0.6 is 0 Å². The number of carbonyl (C=O) groups is 3. The zero-order chi connectivity index (χ0) is 15.8. The first kappa shape index (κ1) is 17.2. The summed E-state index contributed by atoms with van der Waals surface area (Å²) in [6, 6.07) is -0.117. The molecule has 1 fully saturated rings. The van der Waals surface area contributed by atoms with Gasteiger partial charge in [-0.25, -0.2) is 4.79 Å². The Labute approximate surface area is 123 Å². The predicted molar refractivity (Wildman–Crippen MR) is 74.9 cm³/mol. The second-order valence-corrected chi connectivity index (χ2v) is 5.10. The van der Waals surface area contributed by atoms with Gasteiger partial charge >= 0.3 is 12.0 Å². The van der Waals surface area contributed by atoms with Crippen LogP contribution in [0.3, 0.4) is 0 Å². The molecule has 8 heteroatoms. The van der Waals surface area contributed by atoms with Crippen molar-refractivity contribution in [3.63, 3.8) is 0 Å². The van der Waals surface area contributed by atoms with Gasteiger partial charge in [0.2, 0.25) is 5.91 Å². The van der Waals surface area contributed by atoms with Crippen LogP contribution in [0.15, 0.2) is 0 Å². The molecule has 0 aromatic rings. The van der Waals surface area contributed by atoms with Gasteiger partial charge in [-0.2, -0.15) is 0 Å². The summed E-state index contributed by atoms with van der Waals surface area (Å²) in [4.78, 5) is 35.2. The summed E-state index contributed by atoms with van der Waals surface area (Å²) < 4.78 is 5.00. The molecule has 0 radical (unpaired) electrons. The summed E-state index contributed by atoms with van der Waals surface area (Å²) in [5.74, 6) is -1.03. The number of carboxylic acid groups (broad SMARTS) is 1. The minimum atomic E-state index is -0.966. The zero-order valence-corrected chi connectivity index (χ0v) is 12.4. The number of carboxylic acids is 1. The number of hydrogen-bond donors (Lipinski definition) is 3. The number of amides is 3. The Hall–Kier alpha value is -1.83. The Kier molecular flexibility index (Phi) is 6.93. The third kappa shape index (κ3) is 6.44. The number of urea groups is 1. The molecule has 1 atom stereocenters. The van der Waals surface area contributed by atoms with Gasteiger partial charge in [-0.1, -0.05) is 0 Å². The first-order chi connectivity index (χ1) is 9.92. The molecule has 1 heterocycles. The second kappa shape index (κ2) is 8.46.